The topological polar surface area (TPSA) is 30.5 Å². The normalized spacial score (nSPS) is 17.7. The minimum absolute atomic E-state index is 0.368. The zero-order chi connectivity index (χ0) is 10.4. The molecule has 0 saturated heterocycles. The first-order chi connectivity index (χ1) is 7.29. The molecule has 0 aliphatic carbocycles. The lowest BCUT2D eigenvalue weighted by atomic mass is 9.91. The van der Waals surface area contributed by atoms with Crippen LogP contribution in [-0.2, 0) is 13.0 Å². The summed E-state index contributed by atoms with van der Waals surface area (Å²) in [4.78, 5) is 0. The van der Waals surface area contributed by atoms with Crippen LogP contribution in [0.4, 0.5) is 0 Å². The van der Waals surface area contributed by atoms with Crippen molar-refractivity contribution in [2.75, 3.05) is 13.3 Å². The maximum absolute atomic E-state index is 5.53. The minimum atomic E-state index is 0.368. The Balaban J connectivity index is 2.28. The second-order valence-corrected chi connectivity index (χ2v) is 4.20. The molecule has 2 heterocycles. The number of benzene rings is 1. The van der Waals surface area contributed by atoms with Crippen LogP contribution in [0.2, 0.25) is 0 Å². The fourth-order valence-electron chi connectivity index (χ4n) is 2.57. The van der Waals surface area contributed by atoms with E-state index in [0.717, 1.165) is 31.0 Å². The first-order valence-electron chi connectivity index (χ1n) is 5.40. The zero-order valence-electron chi connectivity index (χ0n) is 9.14. The Morgan fingerprint density at radius 1 is 1.00 bits per heavy atom. The van der Waals surface area contributed by atoms with Gasteiger partial charge in [-0.25, -0.2) is 0 Å². The van der Waals surface area contributed by atoms with E-state index in [1.54, 1.807) is 0 Å². The molecule has 15 heavy (non-hydrogen) atoms. The van der Waals surface area contributed by atoms with Crippen molar-refractivity contribution in [1.82, 2.24) is 5.32 Å². The van der Waals surface area contributed by atoms with Crippen molar-refractivity contribution < 1.29 is 9.47 Å². The average Bonchev–Trinajstić information content (AvgIpc) is 2.75. The van der Waals surface area contributed by atoms with E-state index in [2.05, 4.69) is 19.2 Å². The fraction of sp³-hybridized carbons (Fsp3) is 0.500. The molecule has 0 atom stereocenters. The third-order valence-corrected chi connectivity index (χ3v) is 3.42. The van der Waals surface area contributed by atoms with Gasteiger partial charge in [-0.15, -0.1) is 0 Å². The van der Waals surface area contributed by atoms with Gasteiger partial charge in [-0.1, -0.05) is 0 Å². The van der Waals surface area contributed by atoms with Crippen molar-refractivity contribution in [1.29, 1.82) is 0 Å². The lowest BCUT2D eigenvalue weighted by Crippen LogP contribution is -2.25. The van der Waals surface area contributed by atoms with E-state index in [0.29, 0.717) is 6.79 Å². The number of rotatable bonds is 0. The number of hydrogen-bond donors (Lipinski definition) is 1. The SMILES string of the molecule is Cc1c2c(c(C)c3c1OCO3)CNCC2. The third-order valence-electron chi connectivity index (χ3n) is 3.42. The van der Waals surface area contributed by atoms with Crippen LogP contribution in [0.3, 0.4) is 0 Å². The van der Waals surface area contributed by atoms with Gasteiger partial charge in [0.15, 0.2) is 11.5 Å². The monoisotopic (exact) mass is 205 g/mol. The molecule has 1 N–H and O–H groups in total. The van der Waals surface area contributed by atoms with Gasteiger partial charge in [-0.05, 0) is 49.1 Å². The van der Waals surface area contributed by atoms with Gasteiger partial charge < -0.3 is 14.8 Å². The van der Waals surface area contributed by atoms with Gasteiger partial charge in [-0.2, -0.15) is 0 Å². The molecule has 1 aromatic rings. The highest BCUT2D eigenvalue weighted by Gasteiger charge is 2.26. The van der Waals surface area contributed by atoms with Crippen molar-refractivity contribution in [3.63, 3.8) is 0 Å². The van der Waals surface area contributed by atoms with Crippen molar-refractivity contribution in [3.8, 4) is 11.5 Å². The van der Waals surface area contributed by atoms with Gasteiger partial charge in [0.2, 0.25) is 6.79 Å². The van der Waals surface area contributed by atoms with Crippen molar-refractivity contribution in [2.24, 2.45) is 0 Å². The molecule has 3 nitrogen and oxygen atoms in total. The summed E-state index contributed by atoms with van der Waals surface area (Å²) >= 11 is 0. The van der Waals surface area contributed by atoms with Crippen LogP contribution < -0.4 is 14.8 Å². The molecule has 2 aliphatic rings. The Bertz CT molecular complexity index is 387. The molecule has 3 heteroatoms. The van der Waals surface area contributed by atoms with E-state index in [-0.39, 0.29) is 0 Å². The maximum Gasteiger partial charge on any atom is 0.231 e. The molecule has 0 spiro atoms. The summed E-state index contributed by atoms with van der Waals surface area (Å²) in [7, 11) is 0. The van der Waals surface area contributed by atoms with Crippen LogP contribution in [0.5, 0.6) is 11.5 Å². The number of ether oxygens (including phenoxy) is 2. The van der Waals surface area contributed by atoms with Crippen LogP contribution in [0.1, 0.15) is 22.3 Å². The lowest BCUT2D eigenvalue weighted by Gasteiger charge is -2.22. The fourth-order valence-corrected chi connectivity index (χ4v) is 2.57. The van der Waals surface area contributed by atoms with Crippen LogP contribution in [0, 0.1) is 13.8 Å². The Kier molecular flexibility index (Phi) is 1.89. The molecule has 0 saturated carbocycles. The van der Waals surface area contributed by atoms with E-state index in [9.17, 15) is 0 Å². The quantitative estimate of drug-likeness (QED) is 0.699. The number of hydrogen-bond acceptors (Lipinski definition) is 3. The molecule has 1 aromatic carbocycles. The largest absolute Gasteiger partial charge is 0.453 e. The van der Waals surface area contributed by atoms with E-state index in [1.807, 2.05) is 0 Å². The van der Waals surface area contributed by atoms with Crippen molar-refractivity contribution in [2.45, 2.75) is 26.8 Å². The average molecular weight is 205 g/mol. The summed E-state index contributed by atoms with van der Waals surface area (Å²) in [5.74, 6) is 1.92. The smallest absolute Gasteiger partial charge is 0.231 e. The highest BCUT2D eigenvalue weighted by atomic mass is 16.7. The Morgan fingerprint density at radius 2 is 1.67 bits per heavy atom. The molecule has 0 bridgehead atoms. The molecule has 0 radical (unpaired) electrons. The highest BCUT2D eigenvalue weighted by Crippen LogP contribution is 2.43. The van der Waals surface area contributed by atoms with Crippen LogP contribution in [0.15, 0.2) is 0 Å². The third kappa shape index (κ3) is 1.16. The first kappa shape index (κ1) is 9.04. The summed E-state index contributed by atoms with van der Waals surface area (Å²) in [6, 6.07) is 0. The van der Waals surface area contributed by atoms with Crippen molar-refractivity contribution in [3.05, 3.63) is 22.3 Å². The van der Waals surface area contributed by atoms with E-state index >= 15 is 0 Å². The van der Waals surface area contributed by atoms with Gasteiger partial charge in [0.25, 0.3) is 0 Å². The summed E-state index contributed by atoms with van der Waals surface area (Å²) < 4.78 is 11.1. The molecular formula is C12H15NO2. The first-order valence-corrected chi connectivity index (χ1v) is 5.40. The van der Waals surface area contributed by atoms with E-state index in [1.165, 1.54) is 22.3 Å². The highest BCUT2D eigenvalue weighted by molar-refractivity contribution is 5.60. The van der Waals surface area contributed by atoms with Gasteiger partial charge in [0, 0.05) is 6.54 Å². The second-order valence-electron chi connectivity index (χ2n) is 4.20. The Labute approximate surface area is 89.4 Å². The summed E-state index contributed by atoms with van der Waals surface area (Å²) in [6.45, 7) is 6.65. The molecule has 0 unspecified atom stereocenters. The van der Waals surface area contributed by atoms with Crippen LogP contribution in [0.25, 0.3) is 0 Å². The second kappa shape index (κ2) is 3.14. The molecule has 0 aromatic heterocycles. The molecule has 0 amide bonds. The zero-order valence-corrected chi connectivity index (χ0v) is 9.14. The maximum atomic E-state index is 5.53. The number of fused-ring (bicyclic) bond motifs is 2. The van der Waals surface area contributed by atoms with Gasteiger partial charge in [0.05, 0.1) is 0 Å². The van der Waals surface area contributed by atoms with Crippen LogP contribution in [-0.4, -0.2) is 13.3 Å². The molecular weight excluding hydrogens is 190 g/mol. The predicted molar refractivity (Wildman–Crippen MR) is 57.4 cm³/mol. The van der Waals surface area contributed by atoms with Gasteiger partial charge >= 0.3 is 0 Å². The van der Waals surface area contributed by atoms with E-state index < -0.39 is 0 Å². The van der Waals surface area contributed by atoms with E-state index in [4.69, 9.17) is 9.47 Å². The van der Waals surface area contributed by atoms with Crippen molar-refractivity contribution >= 4 is 0 Å². The van der Waals surface area contributed by atoms with Crippen LogP contribution >= 0.6 is 0 Å². The molecule has 0 fully saturated rings. The molecule has 80 valence electrons. The Morgan fingerprint density at radius 3 is 2.40 bits per heavy atom. The predicted octanol–water partition coefficient (Wildman–Crippen LogP) is 1.68. The standard InChI is InChI=1S/C12H15NO2/c1-7-9-3-4-13-5-10(9)8(2)12-11(7)14-6-15-12/h13H,3-6H2,1-2H3. The van der Waals surface area contributed by atoms with Gasteiger partial charge in [0.1, 0.15) is 0 Å². The molecule has 3 rings (SSSR count). The summed E-state index contributed by atoms with van der Waals surface area (Å²) in [5.41, 5.74) is 5.37. The summed E-state index contributed by atoms with van der Waals surface area (Å²) in [5, 5.41) is 3.40. The molecule has 2 aliphatic heterocycles. The van der Waals surface area contributed by atoms with Gasteiger partial charge in [-0.3, -0.25) is 0 Å². The Hall–Kier alpha value is -1.22. The minimum Gasteiger partial charge on any atom is -0.453 e. The summed E-state index contributed by atoms with van der Waals surface area (Å²) in [6.07, 6.45) is 1.10. The number of nitrogens with one attached hydrogen (secondary N) is 1. The lowest BCUT2D eigenvalue weighted by molar-refractivity contribution is 0.173.